The molecule has 0 unspecified atom stereocenters. The molecule has 4 N–H and O–H groups in total. The number of nitrogens with zero attached hydrogens (tertiary/aromatic N) is 2. The molecule has 198 valence electrons. The third-order valence-electron chi connectivity index (χ3n) is 6.49. The van der Waals surface area contributed by atoms with Crippen LogP contribution in [0.25, 0.3) is 0 Å². The summed E-state index contributed by atoms with van der Waals surface area (Å²) in [6, 6.07) is 1.12. The van der Waals surface area contributed by atoms with Gasteiger partial charge in [0.25, 0.3) is 0 Å². The molecule has 2 fully saturated rings. The van der Waals surface area contributed by atoms with Crippen molar-refractivity contribution in [3.8, 4) is 0 Å². The standard InChI is InChI=1S/C20H26F3N3O2.C4H4O4/c1-11(27)25(2)10-20(28)26-14-3-4-15(26)6-13(5-14)19(24)8-12-7-17(22)18(23)9-16(12)21;5-3(6)1-2-4(7)8/h7,9,13-15,19H,3-6,8,10,24H2,1-2H3;1-2H,(H,5,6)(H,7,8)/b;2-1-/t13-,14-,15+,19-;/m1./s1. The number of rotatable bonds is 7. The first kappa shape index (κ1) is 28.8. The predicted molar refractivity (Wildman–Crippen MR) is 122 cm³/mol. The quantitative estimate of drug-likeness (QED) is 0.374. The summed E-state index contributed by atoms with van der Waals surface area (Å²) in [5.74, 6) is -5.76. The molecule has 0 aliphatic carbocycles. The van der Waals surface area contributed by atoms with Crippen molar-refractivity contribution >= 4 is 23.8 Å². The van der Waals surface area contributed by atoms with Gasteiger partial charge in [0.15, 0.2) is 11.6 Å². The molecule has 3 rings (SSSR count). The summed E-state index contributed by atoms with van der Waals surface area (Å²) in [5.41, 5.74) is 6.36. The normalized spacial score (nSPS) is 21.5. The first-order chi connectivity index (χ1) is 16.8. The average Bonchev–Trinajstić information content (AvgIpc) is 3.05. The zero-order chi connectivity index (χ0) is 27.2. The molecule has 2 aliphatic heterocycles. The van der Waals surface area contributed by atoms with Crippen molar-refractivity contribution in [2.24, 2.45) is 11.7 Å². The lowest BCUT2D eigenvalue weighted by molar-refractivity contribution is -0.142. The fraction of sp³-hybridized carbons (Fsp3) is 0.500. The minimum atomic E-state index is -1.26. The van der Waals surface area contributed by atoms with Crippen molar-refractivity contribution in [1.29, 1.82) is 0 Å². The molecule has 2 amide bonds. The van der Waals surface area contributed by atoms with E-state index in [1.807, 2.05) is 4.90 Å². The van der Waals surface area contributed by atoms with Gasteiger partial charge in [-0.1, -0.05) is 0 Å². The number of piperidine rings is 1. The van der Waals surface area contributed by atoms with Gasteiger partial charge in [0.2, 0.25) is 11.8 Å². The van der Waals surface area contributed by atoms with Crippen LogP contribution >= 0.6 is 0 Å². The van der Waals surface area contributed by atoms with Crippen molar-refractivity contribution in [2.45, 2.75) is 57.2 Å². The van der Waals surface area contributed by atoms with Gasteiger partial charge in [-0.25, -0.2) is 22.8 Å². The van der Waals surface area contributed by atoms with E-state index in [0.717, 1.165) is 18.9 Å². The molecule has 12 heteroatoms. The maximum absolute atomic E-state index is 13.9. The van der Waals surface area contributed by atoms with Crippen LogP contribution in [0.5, 0.6) is 0 Å². The van der Waals surface area contributed by atoms with E-state index >= 15 is 0 Å². The fourth-order valence-electron chi connectivity index (χ4n) is 4.66. The van der Waals surface area contributed by atoms with Gasteiger partial charge in [-0.05, 0) is 49.7 Å². The number of hydrogen-bond acceptors (Lipinski definition) is 5. The molecular formula is C24H30F3N3O6. The Balaban J connectivity index is 0.000000493. The summed E-state index contributed by atoms with van der Waals surface area (Å²) < 4.78 is 40.5. The van der Waals surface area contributed by atoms with Gasteiger partial charge in [-0.3, -0.25) is 9.59 Å². The second-order valence-electron chi connectivity index (χ2n) is 9.03. The molecule has 4 atom stereocenters. The molecule has 0 aromatic heterocycles. The van der Waals surface area contributed by atoms with Crippen LogP contribution in [0, 0.1) is 23.4 Å². The van der Waals surface area contributed by atoms with E-state index in [2.05, 4.69) is 0 Å². The molecule has 2 bridgehead atoms. The van der Waals surface area contributed by atoms with Crippen molar-refractivity contribution in [1.82, 2.24) is 9.80 Å². The van der Waals surface area contributed by atoms with Crippen LogP contribution in [0.1, 0.15) is 38.2 Å². The third kappa shape index (κ3) is 7.80. The van der Waals surface area contributed by atoms with Crippen LogP contribution in [0.4, 0.5) is 13.2 Å². The maximum atomic E-state index is 13.9. The molecule has 1 aromatic carbocycles. The van der Waals surface area contributed by atoms with Gasteiger partial charge in [0.05, 0.1) is 6.54 Å². The number of carboxylic acids is 2. The maximum Gasteiger partial charge on any atom is 0.328 e. The number of amides is 2. The van der Waals surface area contributed by atoms with E-state index in [1.54, 1.807) is 7.05 Å². The van der Waals surface area contributed by atoms with Crippen LogP contribution < -0.4 is 5.73 Å². The van der Waals surface area contributed by atoms with Crippen molar-refractivity contribution in [2.75, 3.05) is 13.6 Å². The lowest BCUT2D eigenvalue weighted by Crippen LogP contribution is -2.52. The number of nitrogens with two attached hydrogens (primary N) is 1. The highest BCUT2D eigenvalue weighted by molar-refractivity contribution is 5.89. The Labute approximate surface area is 206 Å². The van der Waals surface area contributed by atoms with Gasteiger partial charge in [-0.2, -0.15) is 0 Å². The van der Waals surface area contributed by atoms with E-state index in [-0.39, 0.29) is 48.3 Å². The highest BCUT2D eigenvalue weighted by atomic mass is 19.2. The Morgan fingerprint density at radius 3 is 2.00 bits per heavy atom. The zero-order valence-electron chi connectivity index (χ0n) is 20.0. The summed E-state index contributed by atoms with van der Waals surface area (Å²) in [7, 11) is 1.60. The Morgan fingerprint density at radius 1 is 1.03 bits per heavy atom. The minimum absolute atomic E-state index is 0.0532. The highest BCUT2D eigenvalue weighted by Crippen LogP contribution is 2.40. The average molecular weight is 514 g/mol. The van der Waals surface area contributed by atoms with Gasteiger partial charge in [-0.15, -0.1) is 0 Å². The lowest BCUT2D eigenvalue weighted by atomic mass is 9.82. The first-order valence-corrected chi connectivity index (χ1v) is 11.4. The number of halogens is 3. The minimum Gasteiger partial charge on any atom is -0.478 e. The Kier molecular flexibility index (Phi) is 10.0. The van der Waals surface area contributed by atoms with Crippen LogP contribution in [-0.2, 0) is 25.6 Å². The van der Waals surface area contributed by atoms with Gasteiger partial charge in [0.1, 0.15) is 5.82 Å². The topological polar surface area (TPSA) is 141 Å². The number of hydrogen-bond donors (Lipinski definition) is 3. The van der Waals surface area contributed by atoms with Crippen molar-refractivity contribution < 1.29 is 42.6 Å². The zero-order valence-corrected chi connectivity index (χ0v) is 20.0. The van der Waals surface area contributed by atoms with E-state index in [1.165, 1.54) is 11.8 Å². The summed E-state index contributed by atoms with van der Waals surface area (Å²) in [5, 5.41) is 15.6. The molecule has 2 saturated heterocycles. The summed E-state index contributed by atoms with van der Waals surface area (Å²) in [6.45, 7) is 1.48. The van der Waals surface area contributed by atoms with Gasteiger partial charge < -0.3 is 25.7 Å². The lowest BCUT2D eigenvalue weighted by Gasteiger charge is -2.41. The molecular weight excluding hydrogens is 483 g/mol. The first-order valence-electron chi connectivity index (χ1n) is 11.4. The molecule has 0 spiro atoms. The van der Waals surface area contributed by atoms with Gasteiger partial charge in [0, 0.05) is 50.3 Å². The molecule has 2 heterocycles. The molecule has 1 aromatic rings. The van der Waals surface area contributed by atoms with Crippen molar-refractivity contribution in [3.05, 3.63) is 47.3 Å². The second kappa shape index (κ2) is 12.5. The SMILES string of the molecule is CC(=O)N(C)CC(=O)N1[C@@H]2CC[C@H]1C[C@H]([C@H](N)Cc1cc(F)c(F)cc1F)C2.O=C(O)/C=C\C(=O)O. The number of carbonyl (C=O) groups is 4. The third-order valence-corrected chi connectivity index (χ3v) is 6.49. The number of carboxylic acid groups (broad SMARTS) is 2. The molecule has 9 nitrogen and oxygen atoms in total. The highest BCUT2D eigenvalue weighted by Gasteiger charge is 2.44. The van der Waals surface area contributed by atoms with Crippen molar-refractivity contribution in [3.63, 3.8) is 0 Å². The smallest absolute Gasteiger partial charge is 0.328 e. The number of carbonyl (C=O) groups excluding carboxylic acids is 2. The Bertz CT molecular complexity index is 1000. The van der Waals surface area contributed by atoms with E-state index in [4.69, 9.17) is 15.9 Å². The summed E-state index contributed by atoms with van der Waals surface area (Å²) in [4.78, 5) is 46.4. The molecule has 36 heavy (non-hydrogen) atoms. The van der Waals surface area contributed by atoms with E-state index in [9.17, 15) is 32.3 Å². The monoisotopic (exact) mass is 513 g/mol. The van der Waals surface area contributed by atoms with Crippen LogP contribution in [0.15, 0.2) is 24.3 Å². The predicted octanol–water partition coefficient (Wildman–Crippen LogP) is 1.93. The van der Waals surface area contributed by atoms with Crippen LogP contribution in [0.3, 0.4) is 0 Å². The Morgan fingerprint density at radius 2 is 1.53 bits per heavy atom. The number of benzene rings is 1. The second-order valence-corrected chi connectivity index (χ2v) is 9.03. The van der Waals surface area contributed by atoms with Crippen LogP contribution in [0.2, 0.25) is 0 Å². The fourth-order valence-corrected chi connectivity index (χ4v) is 4.66. The molecule has 2 aliphatic rings. The molecule has 0 saturated carbocycles. The van der Waals surface area contributed by atoms with E-state index < -0.39 is 35.4 Å². The number of likely N-dealkylation sites (N-methyl/N-ethyl adjacent to an activating group) is 1. The summed E-state index contributed by atoms with van der Waals surface area (Å²) in [6.07, 6.45) is 4.38. The summed E-state index contributed by atoms with van der Waals surface area (Å²) >= 11 is 0. The molecule has 0 radical (unpaired) electrons. The number of aliphatic carboxylic acids is 2. The van der Waals surface area contributed by atoms with Crippen LogP contribution in [-0.4, -0.2) is 75.5 Å². The van der Waals surface area contributed by atoms with Gasteiger partial charge >= 0.3 is 11.9 Å². The number of fused-ring (bicyclic) bond motifs is 2. The Hall–Kier alpha value is -3.41. The largest absolute Gasteiger partial charge is 0.478 e. The van der Waals surface area contributed by atoms with E-state index in [0.29, 0.717) is 31.1 Å².